The number of nitrogens with zero attached hydrogens (tertiary/aromatic N) is 1. The first-order valence-electron chi connectivity index (χ1n) is 7.97. The lowest BCUT2D eigenvalue weighted by Crippen LogP contribution is -2.40. The minimum atomic E-state index is -0.0140. The summed E-state index contributed by atoms with van der Waals surface area (Å²) < 4.78 is 5.10. The second-order valence-corrected chi connectivity index (χ2v) is 6.14. The van der Waals surface area contributed by atoms with Crippen molar-refractivity contribution >= 4 is 11.6 Å². The SMILES string of the molecule is Cc1noc(C)c1CC(=O)NCC(Nc1ccccc1)C(C)C. The average molecular weight is 315 g/mol. The number of amides is 1. The molecule has 1 heterocycles. The lowest BCUT2D eigenvalue weighted by molar-refractivity contribution is -0.120. The van der Waals surface area contributed by atoms with Crippen LogP contribution in [0.25, 0.3) is 0 Å². The number of rotatable bonds is 7. The number of hydrogen-bond acceptors (Lipinski definition) is 4. The number of para-hydroxylation sites is 1. The van der Waals surface area contributed by atoms with Crippen LogP contribution in [0.2, 0.25) is 0 Å². The molecular weight excluding hydrogens is 290 g/mol. The topological polar surface area (TPSA) is 67.2 Å². The molecule has 1 atom stereocenters. The molecule has 2 aromatic rings. The lowest BCUT2D eigenvalue weighted by atomic mass is 10.0. The molecule has 1 amide bonds. The van der Waals surface area contributed by atoms with E-state index in [4.69, 9.17) is 4.52 Å². The van der Waals surface area contributed by atoms with Crippen molar-refractivity contribution in [3.8, 4) is 0 Å². The number of nitrogens with one attached hydrogen (secondary N) is 2. The molecule has 0 aliphatic carbocycles. The third-order valence-corrected chi connectivity index (χ3v) is 3.97. The summed E-state index contributed by atoms with van der Waals surface area (Å²) in [4.78, 5) is 12.2. The van der Waals surface area contributed by atoms with Gasteiger partial charge in [-0.1, -0.05) is 37.2 Å². The highest BCUT2D eigenvalue weighted by molar-refractivity contribution is 5.79. The van der Waals surface area contributed by atoms with Gasteiger partial charge in [-0.05, 0) is 31.9 Å². The molecule has 5 heteroatoms. The maximum absolute atomic E-state index is 12.2. The van der Waals surface area contributed by atoms with Gasteiger partial charge in [-0.25, -0.2) is 0 Å². The largest absolute Gasteiger partial charge is 0.380 e. The Labute approximate surface area is 137 Å². The Morgan fingerprint density at radius 3 is 2.48 bits per heavy atom. The van der Waals surface area contributed by atoms with Crippen molar-refractivity contribution in [3.63, 3.8) is 0 Å². The van der Waals surface area contributed by atoms with E-state index in [0.29, 0.717) is 24.6 Å². The van der Waals surface area contributed by atoms with Crippen LogP contribution in [0.4, 0.5) is 5.69 Å². The van der Waals surface area contributed by atoms with Crippen LogP contribution in [0.1, 0.15) is 30.9 Å². The van der Waals surface area contributed by atoms with E-state index in [-0.39, 0.29) is 11.9 Å². The van der Waals surface area contributed by atoms with Gasteiger partial charge in [-0.2, -0.15) is 0 Å². The standard InChI is InChI=1S/C18H25N3O2/c1-12(2)17(20-15-8-6-5-7-9-15)11-19-18(22)10-16-13(3)21-23-14(16)4/h5-9,12,17,20H,10-11H2,1-4H3,(H,19,22). The number of benzene rings is 1. The fourth-order valence-electron chi connectivity index (χ4n) is 2.40. The van der Waals surface area contributed by atoms with E-state index >= 15 is 0 Å². The van der Waals surface area contributed by atoms with E-state index in [0.717, 1.165) is 16.9 Å². The minimum Gasteiger partial charge on any atom is -0.380 e. The maximum Gasteiger partial charge on any atom is 0.224 e. The van der Waals surface area contributed by atoms with Crippen LogP contribution in [0, 0.1) is 19.8 Å². The lowest BCUT2D eigenvalue weighted by Gasteiger charge is -2.24. The number of carbonyl (C=O) groups excluding carboxylic acids is 1. The molecule has 1 aromatic carbocycles. The molecule has 0 saturated heterocycles. The van der Waals surface area contributed by atoms with Gasteiger partial charge in [0.05, 0.1) is 12.1 Å². The normalized spacial score (nSPS) is 12.2. The third kappa shape index (κ3) is 4.84. The molecule has 0 aliphatic heterocycles. The van der Waals surface area contributed by atoms with Crippen molar-refractivity contribution in [2.45, 2.75) is 40.2 Å². The second kappa shape index (κ2) is 7.81. The molecule has 0 spiro atoms. The van der Waals surface area contributed by atoms with Gasteiger partial charge in [-0.3, -0.25) is 4.79 Å². The van der Waals surface area contributed by atoms with Crippen molar-refractivity contribution in [1.82, 2.24) is 10.5 Å². The predicted molar refractivity (Wildman–Crippen MR) is 91.4 cm³/mol. The van der Waals surface area contributed by atoms with Crippen molar-refractivity contribution < 1.29 is 9.32 Å². The predicted octanol–water partition coefficient (Wildman–Crippen LogP) is 3.09. The van der Waals surface area contributed by atoms with Crippen molar-refractivity contribution in [2.75, 3.05) is 11.9 Å². The van der Waals surface area contributed by atoms with Gasteiger partial charge < -0.3 is 15.2 Å². The zero-order valence-electron chi connectivity index (χ0n) is 14.2. The highest BCUT2D eigenvalue weighted by atomic mass is 16.5. The average Bonchev–Trinajstić information content (AvgIpc) is 2.84. The zero-order chi connectivity index (χ0) is 16.8. The number of anilines is 1. The Kier molecular flexibility index (Phi) is 5.79. The molecule has 2 N–H and O–H groups in total. The van der Waals surface area contributed by atoms with E-state index in [2.05, 4.69) is 29.6 Å². The minimum absolute atomic E-state index is 0.0140. The Balaban J connectivity index is 1.90. The smallest absolute Gasteiger partial charge is 0.224 e. The highest BCUT2D eigenvalue weighted by Gasteiger charge is 2.17. The molecule has 0 saturated carbocycles. The summed E-state index contributed by atoms with van der Waals surface area (Å²) in [6, 6.07) is 10.2. The first kappa shape index (κ1) is 17.1. The summed E-state index contributed by atoms with van der Waals surface area (Å²) in [6.45, 7) is 8.54. The molecule has 5 nitrogen and oxygen atoms in total. The van der Waals surface area contributed by atoms with Crippen LogP contribution in [0.3, 0.4) is 0 Å². The molecule has 0 aliphatic rings. The monoisotopic (exact) mass is 315 g/mol. The second-order valence-electron chi connectivity index (χ2n) is 6.14. The van der Waals surface area contributed by atoms with Gasteiger partial charge in [0, 0.05) is 23.8 Å². The molecule has 2 rings (SSSR count). The van der Waals surface area contributed by atoms with Crippen molar-refractivity contribution in [1.29, 1.82) is 0 Å². The Morgan fingerprint density at radius 1 is 1.22 bits per heavy atom. The van der Waals surface area contributed by atoms with E-state index < -0.39 is 0 Å². The fraction of sp³-hybridized carbons (Fsp3) is 0.444. The Bertz CT molecular complexity index is 615. The summed E-state index contributed by atoms with van der Waals surface area (Å²) in [6.07, 6.45) is 0.303. The molecule has 124 valence electrons. The maximum atomic E-state index is 12.2. The van der Waals surface area contributed by atoms with E-state index in [1.807, 2.05) is 44.2 Å². The third-order valence-electron chi connectivity index (χ3n) is 3.97. The van der Waals surface area contributed by atoms with Gasteiger partial charge in [0.15, 0.2) is 0 Å². The Hall–Kier alpha value is -2.30. The molecule has 0 bridgehead atoms. The van der Waals surface area contributed by atoms with Crippen LogP contribution >= 0.6 is 0 Å². The summed E-state index contributed by atoms with van der Waals surface area (Å²) >= 11 is 0. The van der Waals surface area contributed by atoms with Crippen molar-refractivity contribution in [2.24, 2.45) is 5.92 Å². The molecule has 1 aromatic heterocycles. The van der Waals surface area contributed by atoms with Gasteiger partial charge in [-0.15, -0.1) is 0 Å². The fourth-order valence-corrected chi connectivity index (χ4v) is 2.40. The van der Waals surface area contributed by atoms with Gasteiger partial charge in [0.2, 0.25) is 5.91 Å². The first-order valence-corrected chi connectivity index (χ1v) is 7.97. The molecule has 0 fully saturated rings. The summed E-state index contributed by atoms with van der Waals surface area (Å²) in [5, 5.41) is 10.4. The number of aromatic nitrogens is 1. The van der Waals surface area contributed by atoms with Crippen LogP contribution in [0.5, 0.6) is 0 Å². The zero-order valence-corrected chi connectivity index (χ0v) is 14.2. The van der Waals surface area contributed by atoms with Crippen LogP contribution in [-0.4, -0.2) is 23.7 Å². The molecule has 23 heavy (non-hydrogen) atoms. The van der Waals surface area contributed by atoms with E-state index in [1.54, 1.807) is 0 Å². The van der Waals surface area contributed by atoms with E-state index in [9.17, 15) is 4.79 Å². The number of hydrogen-bond donors (Lipinski definition) is 2. The van der Waals surface area contributed by atoms with Crippen molar-refractivity contribution in [3.05, 3.63) is 47.3 Å². The van der Waals surface area contributed by atoms with Gasteiger partial charge in [0.1, 0.15) is 5.76 Å². The first-order chi connectivity index (χ1) is 11.0. The van der Waals surface area contributed by atoms with Gasteiger partial charge >= 0.3 is 0 Å². The van der Waals surface area contributed by atoms with Crippen LogP contribution < -0.4 is 10.6 Å². The van der Waals surface area contributed by atoms with Crippen LogP contribution in [0.15, 0.2) is 34.9 Å². The molecular formula is C18H25N3O2. The van der Waals surface area contributed by atoms with Gasteiger partial charge in [0.25, 0.3) is 0 Å². The van der Waals surface area contributed by atoms with E-state index in [1.165, 1.54) is 0 Å². The Morgan fingerprint density at radius 2 is 1.91 bits per heavy atom. The molecule has 1 unspecified atom stereocenters. The van der Waals surface area contributed by atoms with Crippen LogP contribution in [-0.2, 0) is 11.2 Å². The summed E-state index contributed by atoms with van der Waals surface area (Å²) in [7, 11) is 0. The summed E-state index contributed by atoms with van der Waals surface area (Å²) in [5.41, 5.74) is 2.71. The summed E-state index contributed by atoms with van der Waals surface area (Å²) in [5.74, 6) is 1.09. The highest BCUT2D eigenvalue weighted by Crippen LogP contribution is 2.14. The number of aryl methyl sites for hydroxylation is 2. The quantitative estimate of drug-likeness (QED) is 0.824. The number of carbonyl (C=O) groups is 1. The molecule has 0 radical (unpaired) electrons.